The Bertz CT molecular complexity index is 2580. The van der Waals surface area contributed by atoms with Gasteiger partial charge in [-0.05, 0) is 172 Å². The fourth-order valence-electron chi connectivity index (χ4n) is 14.2. The lowest BCUT2D eigenvalue weighted by atomic mass is 9.49. The van der Waals surface area contributed by atoms with Gasteiger partial charge < -0.3 is 37.9 Å². The molecule has 3 unspecified atom stereocenters. The number of esters is 8. The average Bonchev–Trinajstić information content (AvgIpc) is 0.749. The fraction of sp³-hybridized carbons (Fsp3) is 0.774. The monoisotopic (exact) mass is 1310 g/mol. The minimum Gasteiger partial charge on any atom is -0.459 e. The summed E-state index contributed by atoms with van der Waals surface area (Å²) in [6, 6.07) is 0. The Labute approximate surface area is 514 Å². The van der Waals surface area contributed by atoms with Gasteiger partial charge in [0.2, 0.25) is 0 Å². The Balaban J connectivity index is 0.000000248. The van der Waals surface area contributed by atoms with Crippen LogP contribution in [0.3, 0.4) is 0 Å². The molecule has 0 heterocycles. The van der Waals surface area contributed by atoms with Gasteiger partial charge in [0.1, 0.15) is 32.5 Å². The smallest absolute Gasteiger partial charge is 0.439 e. The zero-order valence-corrected chi connectivity index (χ0v) is 51.6. The second kappa shape index (κ2) is 29.0. The van der Waals surface area contributed by atoms with Crippen molar-refractivity contribution in [2.24, 2.45) is 58.2 Å². The van der Waals surface area contributed by atoms with Crippen LogP contribution in [0.5, 0.6) is 0 Å². The molecule has 510 valence electrons. The zero-order chi connectivity index (χ0) is 68.0. The van der Waals surface area contributed by atoms with Crippen LogP contribution >= 0.6 is 0 Å². The summed E-state index contributed by atoms with van der Waals surface area (Å²) in [4.78, 5) is 96.8. The van der Waals surface area contributed by atoms with E-state index in [4.69, 9.17) is 14.2 Å². The Morgan fingerprint density at radius 3 is 1.09 bits per heavy atom. The van der Waals surface area contributed by atoms with Crippen molar-refractivity contribution in [3.05, 3.63) is 36.5 Å². The molecule has 28 heteroatoms. The molecule has 0 saturated heterocycles. The van der Waals surface area contributed by atoms with Crippen LogP contribution in [-0.2, 0) is 76.3 Å². The highest BCUT2D eigenvalue weighted by Gasteiger charge is 2.76. The summed E-state index contributed by atoms with van der Waals surface area (Å²) in [6.07, 6.45) is -15.0. The Kier molecular flexibility index (Phi) is 24.1. The van der Waals surface area contributed by atoms with Crippen LogP contribution in [0.1, 0.15) is 170 Å². The molecule has 9 aliphatic rings. The minimum absolute atomic E-state index is 0.0952. The predicted octanol–water partition coefficient (Wildman–Crippen LogP) is 13.4. The van der Waals surface area contributed by atoms with Crippen molar-refractivity contribution in [2.75, 3.05) is 26.4 Å². The highest BCUT2D eigenvalue weighted by Crippen LogP contribution is 2.63. The standard InChI is InChI=1S/C24H32F6O4.C21H27F3O6.C17H23F3O6/c1-13(2)5-18(33-19(31)14(3)4)12-22(23(25,26)27,24(28,29)30)34-20(32)21-9-15-6-16(10-21)8-17(7-15)11-21;1-12(2)16(25)28-4-5-29-17(26)19(3,21(22,23)24)30-18(27)20-9-13-6-14(10-20)8-15(7-13)11-20;1-11(2)13(21)24-9-10-25-15(23)16(3,17(18,19)20)26-14(22)12-7-5-4-6-8-12/h13,15-18H,3,5-12H2,1-2,4H3;13-15H,1,4-11H2,2-3H3;12H,1,4-10H2,2-3H3. The van der Waals surface area contributed by atoms with Gasteiger partial charge in [-0.3, -0.25) is 14.4 Å². The molecule has 3 atom stereocenters. The molecule has 0 aromatic carbocycles. The third-order valence-corrected chi connectivity index (χ3v) is 18.2. The van der Waals surface area contributed by atoms with Gasteiger partial charge in [-0.2, -0.15) is 52.7 Å². The van der Waals surface area contributed by atoms with E-state index in [0.717, 1.165) is 57.8 Å². The fourth-order valence-corrected chi connectivity index (χ4v) is 14.2. The van der Waals surface area contributed by atoms with Crippen molar-refractivity contribution >= 4 is 47.8 Å². The topological polar surface area (TPSA) is 210 Å². The molecule has 0 aromatic rings. The lowest BCUT2D eigenvalue weighted by Crippen LogP contribution is -2.63. The second-order valence-electron chi connectivity index (χ2n) is 26.6. The third-order valence-electron chi connectivity index (χ3n) is 18.2. The summed E-state index contributed by atoms with van der Waals surface area (Å²) in [5, 5.41) is 0. The van der Waals surface area contributed by atoms with Crippen LogP contribution in [0.25, 0.3) is 0 Å². The predicted molar refractivity (Wildman–Crippen MR) is 292 cm³/mol. The van der Waals surface area contributed by atoms with E-state index in [0.29, 0.717) is 63.7 Å². The highest BCUT2D eigenvalue weighted by molar-refractivity contribution is 5.89. The largest absolute Gasteiger partial charge is 0.459 e. The number of rotatable bonds is 22. The van der Waals surface area contributed by atoms with Crippen LogP contribution in [-0.4, -0.2) is 122 Å². The molecule has 9 fully saturated rings. The van der Waals surface area contributed by atoms with E-state index in [2.05, 4.69) is 43.4 Å². The first-order valence-corrected chi connectivity index (χ1v) is 30.2. The normalized spacial score (nSPS) is 26.9. The lowest BCUT2D eigenvalue weighted by molar-refractivity contribution is -0.378. The number of hydrogen-bond acceptors (Lipinski definition) is 16. The van der Waals surface area contributed by atoms with Crippen molar-refractivity contribution in [1.29, 1.82) is 0 Å². The molecule has 8 bridgehead atoms. The lowest BCUT2D eigenvalue weighted by Gasteiger charge is -2.55. The number of carbonyl (C=O) groups excluding carboxylic acids is 8. The maximum absolute atomic E-state index is 14.2. The molecule has 9 saturated carbocycles. The Morgan fingerprint density at radius 1 is 0.456 bits per heavy atom. The molecule has 0 amide bonds. The highest BCUT2D eigenvalue weighted by atomic mass is 19.4. The van der Waals surface area contributed by atoms with E-state index in [1.165, 1.54) is 20.8 Å². The Morgan fingerprint density at radius 2 is 0.778 bits per heavy atom. The van der Waals surface area contributed by atoms with E-state index in [1.807, 2.05) is 0 Å². The molecular formula is C62H82F12O16. The van der Waals surface area contributed by atoms with E-state index in [9.17, 15) is 91.0 Å². The van der Waals surface area contributed by atoms with Crippen molar-refractivity contribution in [2.45, 2.75) is 218 Å². The van der Waals surface area contributed by atoms with E-state index in [1.54, 1.807) is 13.8 Å². The zero-order valence-electron chi connectivity index (χ0n) is 51.6. The van der Waals surface area contributed by atoms with Crippen LogP contribution < -0.4 is 0 Å². The second-order valence-corrected chi connectivity index (χ2v) is 26.6. The molecule has 9 rings (SSSR count). The Hall–Kier alpha value is -5.86. The maximum Gasteiger partial charge on any atom is 0.439 e. The first kappa shape index (κ1) is 74.9. The van der Waals surface area contributed by atoms with Gasteiger partial charge in [0.25, 0.3) is 11.2 Å². The van der Waals surface area contributed by atoms with Crippen molar-refractivity contribution in [1.82, 2.24) is 0 Å². The average molecular weight is 1310 g/mol. The van der Waals surface area contributed by atoms with Crippen LogP contribution in [0, 0.1) is 58.2 Å². The number of carbonyl (C=O) groups is 8. The summed E-state index contributed by atoms with van der Waals surface area (Å²) in [7, 11) is 0. The molecule has 0 spiro atoms. The quantitative estimate of drug-likeness (QED) is 0.0324. The maximum atomic E-state index is 14.2. The van der Waals surface area contributed by atoms with Crippen molar-refractivity contribution in [3.63, 3.8) is 0 Å². The van der Waals surface area contributed by atoms with E-state index < -0.39 is 145 Å². The first-order valence-electron chi connectivity index (χ1n) is 30.2. The molecule has 0 N–H and O–H groups in total. The van der Waals surface area contributed by atoms with Gasteiger partial charge in [0.15, 0.2) is 0 Å². The summed E-state index contributed by atoms with van der Waals surface area (Å²) in [5.74, 6) is -9.27. The van der Waals surface area contributed by atoms with Crippen LogP contribution in [0.4, 0.5) is 52.7 Å². The molecule has 0 aromatic heterocycles. The van der Waals surface area contributed by atoms with Crippen LogP contribution in [0.15, 0.2) is 36.5 Å². The summed E-state index contributed by atoms with van der Waals surface area (Å²) in [6.45, 7) is 16.1. The SMILES string of the molecule is C=C(C)C(=O)OC(CC(C)C)CC(OC(=O)C12CC3CC(CC(C3)C1)C2)(C(F)(F)F)C(F)(F)F.C=C(C)C(=O)OCCOC(=O)C(C)(OC(=O)C12CC3CC(CC(C3)C1)C2)C(F)(F)F.C=C(C)C(=O)OCCOC(=O)C(C)(OC(=O)C1CCCCC1)C(F)(F)F. The van der Waals surface area contributed by atoms with Gasteiger partial charge in [-0.1, -0.05) is 52.8 Å². The molecule has 9 aliphatic carbocycles. The van der Waals surface area contributed by atoms with Gasteiger partial charge >= 0.3 is 78.1 Å². The number of hydrogen-bond donors (Lipinski definition) is 0. The van der Waals surface area contributed by atoms with E-state index in [-0.39, 0.29) is 66.1 Å². The van der Waals surface area contributed by atoms with E-state index >= 15 is 0 Å². The van der Waals surface area contributed by atoms with Crippen molar-refractivity contribution < 1.29 is 129 Å². The molecular weight excluding hydrogens is 1230 g/mol. The van der Waals surface area contributed by atoms with Gasteiger partial charge in [0.05, 0.1) is 16.7 Å². The summed E-state index contributed by atoms with van der Waals surface area (Å²) in [5.41, 5.74) is -13.9. The third kappa shape index (κ3) is 17.8. The molecule has 90 heavy (non-hydrogen) atoms. The number of ether oxygens (including phenoxy) is 8. The molecule has 0 radical (unpaired) electrons. The number of halogens is 12. The summed E-state index contributed by atoms with van der Waals surface area (Å²) < 4.78 is 204. The van der Waals surface area contributed by atoms with Gasteiger partial charge in [-0.25, -0.2) is 24.0 Å². The van der Waals surface area contributed by atoms with Gasteiger partial charge in [-0.15, -0.1) is 0 Å². The van der Waals surface area contributed by atoms with Gasteiger partial charge in [0, 0.05) is 23.1 Å². The van der Waals surface area contributed by atoms with Crippen LogP contribution in [0.2, 0.25) is 0 Å². The minimum atomic E-state index is -5.96. The molecule has 0 aliphatic heterocycles. The molecule has 16 nitrogen and oxygen atoms in total. The van der Waals surface area contributed by atoms with Crippen molar-refractivity contribution in [3.8, 4) is 0 Å². The first-order chi connectivity index (χ1) is 41.3. The summed E-state index contributed by atoms with van der Waals surface area (Å²) >= 11 is 0. The number of alkyl halides is 12.